The van der Waals surface area contributed by atoms with E-state index in [9.17, 15) is 0 Å². The van der Waals surface area contributed by atoms with Crippen LogP contribution < -0.4 is 5.73 Å². The quantitative estimate of drug-likeness (QED) is 0.823. The molecule has 2 aliphatic rings. The number of hydrogen-bond acceptors (Lipinski definition) is 2. The van der Waals surface area contributed by atoms with Crippen molar-refractivity contribution >= 4 is 22.9 Å². The Hall–Kier alpha value is -0.0500. The Bertz CT molecular complexity index is 339. The molecule has 1 nitrogen and oxygen atoms in total. The van der Waals surface area contributed by atoms with Gasteiger partial charge >= 0.3 is 0 Å². The summed E-state index contributed by atoms with van der Waals surface area (Å²) < 4.78 is 0.891. The predicted molar refractivity (Wildman–Crippen MR) is 60.6 cm³/mol. The minimum Gasteiger partial charge on any atom is -0.324 e. The van der Waals surface area contributed by atoms with Crippen LogP contribution in [0.3, 0.4) is 0 Å². The van der Waals surface area contributed by atoms with E-state index < -0.39 is 0 Å². The smallest absolute Gasteiger partial charge is 0.0976 e. The van der Waals surface area contributed by atoms with Gasteiger partial charge in [-0.05, 0) is 47.6 Å². The van der Waals surface area contributed by atoms with Crippen molar-refractivity contribution < 1.29 is 0 Å². The van der Waals surface area contributed by atoms with Gasteiger partial charge in [-0.1, -0.05) is 18.0 Å². The van der Waals surface area contributed by atoms with E-state index in [2.05, 4.69) is 6.07 Å². The predicted octanol–water partition coefficient (Wildman–Crippen LogP) is 3.45. The van der Waals surface area contributed by atoms with Crippen LogP contribution >= 0.6 is 22.9 Å². The highest BCUT2D eigenvalue weighted by atomic mass is 35.5. The van der Waals surface area contributed by atoms with Crippen molar-refractivity contribution in [3.05, 3.63) is 21.3 Å². The summed E-state index contributed by atoms with van der Waals surface area (Å²) in [5, 5.41) is 2.04. The lowest BCUT2D eigenvalue weighted by molar-refractivity contribution is 0.503. The van der Waals surface area contributed by atoms with Crippen LogP contribution in [-0.2, 0) is 0 Å². The largest absolute Gasteiger partial charge is 0.324 e. The van der Waals surface area contributed by atoms with E-state index in [4.69, 9.17) is 17.3 Å². The maximum Gasteiger partial charge on any atom is 0.0976 e. The van der Waals surface area contributed by atoms with E-state index in [1.165, 1.54) is 24.8 Å². The third kappa shape index (κ3) is 1.24. The zero-order valence-corrected chi connectivity index (χ0v) is 9.52. The summed E-state index contributed by atoms with van der Waals surface area (Å²) in [4.78, 5) is 0. The van der Waals surface area contributed by atoms with Gasteiger partial charge in [-0.3, -0.25) is 0 Å². The molecule has 0 aliphatic heterocycles. The minimum absolute atomic E-state index is 0.198. The van der Waals surface area contributed by atoms with Crippen molar-refractivity contribution in [1.82, 2.24) is 0 Å². The highest BCUT2D eigenvalue weighted by molar-refractivity contribution is 7.14. The zero-order valence-electron chi connectivity index (χ0n) is 7.95. The van der Waals surface area contributed by atoms with Crippen molar-refractivity contribution in [2.75, 3.05) is 0 Å². The Morgan fingerprint density at radius 2 is 2.14 bits per heavy atom. The molecule has 3 atom stereocenters. The number of thiophene rings is 1. The number of halogens is 1. The molecule has 1 heterocycles. The summed E-state index contributed by atoms with van der Waals surface area (Å²) in [6, 6.07) is 2.29. The number of rotatable bonds is 2. The summed E-state index contributed by atoms with van der Waals surface area (Å²) in [5.74, 6) is 2.57. The monoisotopic (exact) mass is 227 g/mol. The molecule has 76 valence electrons. The fraction of sp³-hybridized carbons (Fsp3) is 0.636. The summed E-state index contributed by atoms with van der Waals surface area (Å²) in [7, 11) is 0. The fourth-order valence-corrected chi connectivity index (χ4v) is 4.18. The van der Waals surface area contributed by atoms with Crippen LogP contribution in [0.4, 0.5) is 0 Å². The summed E-state index contributed by atoms with van der Waals surface area (Å²) in [5.41, 5.74) is 7.43. The minimum atomic E-state index is 0.198. The summed E-state index contributed by atoms with van der Waals surface area (Å²) in [6.45, 7) is 0. The first kappa shape index (κ1) is 9.20. The van der Waals surface area contributed by atoms with Crippen LogP contribution in [0.25, 0.3) is 0 Å². The second kappa shape index (κ2) is 3.22. The topological polar surface area (TPSA) is 26.0 Å². The Morgan fingerprint density at radius 3 is 2.71 bits per heavy atom. The standard InChI is InChI=1S/C11H14ClNS/c12-11-8(4-5-14-11)10(13)9-6-2-1-3-7(6)9/h4-7,9-10H,1-3,13H2. The van der Waals surface area contributed by atoms with Crippen molar-refractivity contribution in [1.29, 1.82) is 0 Å². The molecule has 2 N–H and O–H groups in total. The van der Waals surface area contributed by atoms with Gasteiger partial charge in [0.25, 0.3) is 0 Å². The Labute approximate surface area is 93.3 Å². The van der Waals surface area contributed by atoms with Crippen molar-refractivity contribution in [2.45, 2.75) is 25.3 Å². The maximum atomic E-state index is 6.26. The molecule has 0 saturated heterocycles. The first-order valence-electron chi connectivity index (χ1n) is 5.27. The molecule has 2 saturated carbocycles. The van der Waals surface area contributed by atoms with Crippen molar-refractivity contribution in [3.63, 3.8) is 0 Å². The van der Waals surface area contributed by atoms with E-state index in [1.807, 2.05) is 5.38 Å². The van der Waals surface area contributed by atoms with E-state index in [0.29, 0.717) is 0 Å². The van der Waals surface area contributed by atoms with Crippen LogP contribution in [0, 0.1) is 17.8 Å². The fourth-order valence-electron chi connectivity index (χ4n) is 3.16. The van der Waals surface area contributed by atoms with Gasteiger partial charge in [0.05, 0.1) is 4.34 Å². The molecule has 0 amide bonds. The van der Waals surface area contributed by atoms with Crippen molar-refractivity contribution in [2.24, 2.45) is 23.5 Å². The molecule has 0 bridgehead atoms. The van der Waals surface area contributed by atoms with Gasteiger partial charge in [0, 0.05) is 6.04 Å². The molecule has 14 heavy (non-hydrogen) atoms. The molecule has 0 spiro atoms. The third-order valence-electron chi connectivity index (χ3n) is 3.89. The lowest BCUT2D eigenvalue weighted by Gasteiger charge is -2.12. The molecule has 1 aromatic rings. The Morgan fingerprint density at radius 1 is 1.43 bits per heavy atom. The second-order valence-electron chi connectivity index (χ2n) is 4.51. The highest BCUT2D eigenvalue weighted by Crippen LogP contribution is 2.62. The number of hydrogen-bond donors (Lipinski definition) is 1. The van der Waals surface area contributed by atoms with E-state index >= 15 is 0 Å². The SMILES string of the molecule is NC(c1ccsc1Cl)C1C2CCCC21. The van der Waals surface area contributed by atoms with Crippen LogP contribution in [0.5, 0.6) is 0 Å². The van der Waals surface area contributed by atoms with Crippen LogP contribution in [0.2, 0.25) is 4.34 Å². The molecule has 2 fully saturated rings. The molecular formula is C11H14ClNS. The summed E-state index contributed by atoms with van der Waals surface area (Å²) in [6.07, 6.45) is 4.20. The van der Waals surface area contributed by atoms with Gasteiger partial charge in [0.2, 0.25) is 0 Å². The lowest BCUT2D eigenvalue weighted by atomic mass is 10.0. The Balaban J connectivity index is 1.78. The van der Waals surface area contributed by atoms with Gasteiger partial charge < -0.3 is 5.73 Å². The molecule has 0 radical (unpaired) electrons. The molecule has 3 heteroatoms. The number of nitrogens with two attached hydrogens (primary N) is 1. The molecule has 2 aliphatic carbocycles. The molecular weight excluding hydrogens is 214 g/mol. The first-order chi connectivity index (χ1) is 6.79. The first-order valence-corrected chi connectivity index (χ1v) is 6.53. The average molecular weight is 228 g/mol. The Kier molecular flexibility index (Phi) is 2.12. The van der Waals surface area contributed by atoms with E-state index in [1.54, 1.807) is 11.3 Å². The van der Waals surface area contributed by atoms with Gasteiger partial charge in [0.1, 0.15) is 0 Å². The average Bonchev–Trinajstić information content (AvgIpc) is 2.57. The normalized spacial score (nSPS) is 36.9. The van der Waals surface area contributed by atoms with Crippen LogP contribution in [-0.4, -0.2) is 0 Å². The lowest BCUT2D eigenvalue weighted by Crippen LogP contribution is -2.14. The van der Waals surface area contributed by atoms with Gasteiger partial charge in [-0.2, -0.15) is 0 Å². The van der Waals surface area contributed by atoms with Gasteiger partial charge in [-0.15, -0.1) is 11.3 Å². The van der Waals surface area contributed by atoms with Gasteiger partial charge in [-0.25, -0.2) is 0 Å². The number of fused-ring (bicyclic) bond motifs is 1. The van der Waals surface area contributed by atoms with E-state index in [-0.39, 0.29) is 6.04 Å². The highest BCUT2D eigenvalue weighted by Gasteiger charge is 2.55. The van der Waals surface area contributed by atoms with Crippen molar-refractivity contribution in [3.8, 4) is 0 Å². The zero-order chi connectivity index (χ0) is 9.71. The van der Waals surface area contributed by atoms with Crippen LogP contribution in [0.15, 0.2) is 11.4 Å². The molecule has 0 aromatic carbocycles. The summed E-state index contributed by atoms with van der Waals surface area (Å²) >= 11 is 7.69. The second-order valence-corrected chi connectivity index (χ2v) is 6.03. The molecule has 1 aromatic heterocycles. The van der Waals surface area contributed by atoms with Gasteiger partial charge in [0.15, 0.2) is 0 Å². The molecule has 3 rings (SSSR count). The van der Waals surface area contributed by atoms with E-state index in [0.717, 1.165) is 22.1 Å². The molecule has 3 unspecified atom stereocenters. The maximum absolute atomic E-state index is 6.26. The van der Waals surface area contributed by atoms with Crippen LogP contribution in [0.1, 0.15) is 30.9 Å². The third-order valence-corrected chi connectivity index (χ3v) is 5.09.